The maximum atomic E-state index is 13.7. The Hall–Kier alpha value is -2.70. The molecule has 0 aliphatic heterocycles. The highest BCUT2D eigenvalue weighted by molar-refractivity contribution is 5.82. The predicted molar refractivity (Wildman–Crippen MR) is 90.4 cm³/mol. The van der Waals surface area contributed by atoms with Crippen LogP contribution < -0.4 is 0 Å². The lowest BCUT2D eigenvalue weighted by Crippen LogP contribution is -2.06. The van der Waals surface area contributed by atoms with E-state index in [1.807, 2.05) is 36.4 Å². The fraction of sp³-hybridized carbons (Fsp3) is 0.150. The molecular formula is C20H16FNO. The molecule has 0 fully saturated rings. The number of aliphatic hydroxyl groups is 1. The molecule has 114 valence electrons. The first kappa shape index (κ1) is 15.2. The van der Waals surface area contributed by atoms with Crippen LogP contribution in [0.15, 0.2) is 48.5 Å². The van der Waals surface area contributed by atoms with Crippen LogP contribution in [0, 0.1) is 25.1 Å². The molecule has 0 aliphatic carbocycles. The number of terminal acetylenes is 1. The van der Waals surface area contributed by atoms with Crippen LogP contribution in [0.25, 0.3) is 22.2 Å². The van der Waals surface area contributed by atoms with Crippen LogP contribution >= 0.6 is 0 Å². The normalized spacial score (nSPS) is 12.1. The summed E-state index contributed by atoms with van der Waals surface area (Å²) in [6.45, 7) is 1.74. The first-order valence-corrected chi connectivity index (χ1v) is 7.37. The van der Waals surface area contributed by atoms with Crippen LogP contribution in [-0.2, 0) is 6.42 Å². The largest absolute Gasteiger partial charge is 0.380 e. The van der Waals surface area contributed by atoms with Crippen molar-refractivity contribution in [3.63, 3.8) is 0 Å². The minimum atomic E-state index is -0.782. The van der Waals surface area contributed by atoms with E-state index in [0.717, 1.165) is 27.7 Å². The minimum absolute atomic E-state index is 0.233. The molecule has 3 rings (SSSR count). The van der Waals surface area contributed by atoms with Crippen LogP contribution in [0.3, 0.4) is 0 Å². The zero-order chi connectivity index (χ0) is 16.4. The molecule has 0 aliphatic rings. The minimum Gasteiger partial charge on any atom is -0.380 e. The molecule has 0 radical (unpaired) electrons. The second-order valence-electron chi connectivity index (χ2n) is 5.57. The number of aliphatic hydroxyl groups excluding tert-OH is 1. The Morgan fingerprint density at radius 3 is 2.74 bits per heavy atom. The van der Waals surface area contributed by atoms with Gasteiger partial charge in [0.1, 0.15) is 11.9 Å². The van der Waals surface area contributed by atoms with Crippen molar-refractivity contribution in [1.82, 2.24) is 4.98 Å². The van der Waals surface area contributed by atoms with Gasteiger partial charge in [0, 0.05) is 17.4 Å². The van der Waals surface area contributed by atoms with E-state index in [1.54, 1.807) is 13.0 Å². The Morgan fingerprint density at radius 2 is 2.00 bits per heavy atom. The third-order valence-electron chi connectivity index (χ3n) is 3.84. The topological polar surface area (TPSA) is 33.1 Å². The van der Waals surface area contributed by atoms with Crippen LogP contribution in [0.5, 0.6) is 0 Å². The Morgan fingerprint density at radius 1 is 1.17 bits per heavy atom. The molecule has 2 aromatic carbocycles. The summed E-state index contributed by atoms with van der Waals surface area (Å²) in [5.74, 6) is 2.07. The van der Waals surface area contributed by atoms with Gasteiger partial charge in [-0.3, -0.25) is 0 Å². The maximum absolute atomic E-state index is 13.7. The zero-order valence-electron chi connectivity index (χ0n) is 12.8. The van der Waals surface area contributed by atoms with E-state index in [9.17, 15) is 9.50 Å². The van der Waals surface area contributed by atoms with Gasteiger partial charge in [0.05, 0.1) is 11.2 Å². The highest BCUT2D eigenvalue weighted by Crippen LogP contribution is 2.23. The Bertz CT molecular complexity index is 911. The molecule has 1 unspecified atom stereocenters. The number of hydrogen-bond acceptors (Lipinski definition) is 2. The van der Waals surface area contributed by atoms with Gasteiger partial charge >= 0.3 is 0 Å². The molecule has 1 N–H and O–H groups in total. The molecule has 0 saturated heterocycles. The zero-order valence-corrected chi connectivity index (χ0v) is 12.8. The first-order chi connectivity index (χ1) is 11.1. The lowest BCUT2D eigenvalue weighted by atomic mass is 10.0. The van der Waals surface area contributed by atoms with Gasteiger partial charge in [-0.05, 0) is 42.3 Å². The van der Waals surface area contributed by atoms with Gasteiger partial charge in [0.25, 0.3) is 0 Å². The number of halogens is 1. The second-order valence-corrected chi connectivity index (χ2v) is 5.57. The number of aromatic nitrogens is 1. The number of nitrogens with zero attached hydrogens (tertiary/aromatic N) is 1. The van der Waals surface area contributed by atoms with Crippen molar-refractivity contribution in [3.05, 3.63) is 65.5 Å². The second kappa shape index (κ2) is 6.20. The number of aryl methyl sites for hydroxylation is 1. The molecule has 2 nitrogen and oxygen atoms in total. The van der Waals surface area contributed by atoms with Crippen molar-refractivity contribution in [2.24, 2.45) is 0 Å². The summed E-state index contributed by atoms with van der Waals surface area (Å²) in [5.41, 5.74) is 3.88. The van der Waals surface area contributed by atoms with Crippen LogP contribution in [0.4, 0.5) is 4.39 Å². The standard InChI is InChI=1S/C20H16FNO/c1-3-17(23)11-14-5-8-19-15(10-14)7-9-20(22-19)16-6-4-13(2)18(21)12-16/h1,4-10,12,17,23H,11H2,2H3. The van der Waals surface area contributed by atoms with Crippen molar-refractivity contribution < 1.29 is 9.50 Å². The summed E-state index contributed by atoms with van der Waals surface area (Å²) in [4.78, 5) is 4.59. The van der Waals surface area contributed by atoms with Crippen molar-refractivity contribution in [1.29, 1.82) is 0 Å². The number of pyridine rings is 1. The Kier molecular flexibility index (Phi) is 4.10. The monoisotopic (exact) mass is 305 g/mol. The predicted octanol–water partition coefficient (Wildman–Crippen LogP) is 3.89. The van der Waals surface area contributed by atoms with E-state index in [1.165, 1.54) is 6.07 Å². The Labute approximate surface area is 134 Å². The molecule has 0 saturated carbocycles. The molecule has 23 heavy (non-hydrogen) atoms. The summed E-state index contributed by atoms with van der Waals surface area (Å²) in [6, 6.07) is 14.7. The molecule has 0 amide bonds. The third kappa shape index (κ3) is 3.23. The average molecular weight is 305 g/mol. The summed E-state index contributed by atoms with van der Waals surface area (Å²) in [7, 11) is 0. The quantitative estimate of drug-likeness (QED) is 0.745. The van der Waals surface area contributed by atoms with Crippen molar-refractivity contribution in [2.75, 3.05) is 0 Å². The number of benzene rings is 2. The molecule has 0 spiro atoms. The number of rotatable bonds is 3. The molecule has 3 aromatic rings. The molecule has 3 heteroatoms. The van der Waals surface area contributed by atoms with Gasteiger partial charge in [0.2, 0.25) is 0 Å². The fourth-order valence-electron chi connectivity index (χ4n) is 2.50. The van der Waals surface area contributed by atoms with Crippen molar-refractivity contribution >= 4 is 10.9 Å². The average Bonchev–Trinajstić information content (AvgIpc) is 2.56. The van der Waals surface area contributed by atoms with Crippen LogP contribution in [0.1, 0.15) is 11.1 Å². The van der Waals surface area contributed by atoms with Gasteiger partial charge in [0.15, 0.2) is 0 Å². The van der Waals surface area contributed by atoms with E-state index >= 15 is 0 Å². The van der Waals surface area contributed by atoms with Gasteiger partial charge in [-0.1, -0.05) is 30.2 Å². The lowest BCUT2D eigenvalue weighted by Gasteiger charge is -2.07. The highest BCUT2D eigenvalue weighted by Gasteiger charge is 2.07. The summed E-state index contributed by atoms with van der Waals surface area (Å²) in [5, 5.41) is 10.5. The maximum Gasteiger partial charge on any atom is 0.126 e. The number of hydrogen-bond donors (Lipinski definition) is 1. The smallest absolute Gasteiger partial charge is 0.126 e. The highest BCUT2D eigenvalue weighted by atomic mass is 19.1. The van der Waals surface area contributed by atoms with Crippen LogP contribution in [-0.4, -0.2) is 16.2 Å². The first-order valence-electron chi connectivity index (χ1n) is 7.37. The van der Waals surface area contributed by atoms with E-state index in [4.69, 9.17) is 6.42 Å². The van der Waals surface area contributed by atoms with Gasteiger partial charge in [-0.2, -0.15) is 0 Å². The van der Waals surface area contributed by atoms with Gasteiger partial charge in [-0.15, -0.1) is 6.42 Å². The number of fused-ring (bicyclic) bond motifs is 1. The summed E-state index contributed by atoms with van der Waals surface area (Å²) >= 11 is 0. The lowest BCUT2D eigenvalue weighted by molar-refractivity contribution is 0.233. The molecule has 1 aromatic heterocycles. The van der Waals surface area contributed by atoms with E-state index in [0.29, 0.717) is 12.0 Å². The molecular weight excluding hydrogens is 289 g/mol. The van der Waals surface area contributed by atoms with Crippen LogP contribution in [0.2, 0.25) is 0 Å². The molecule has 0 bridgehead atoms. The van der Waals surface area contributed by atoms with Gasteiger partial charge < -0.3 is 5.11 Å². The summed E-state index contributed by atoms with van der Waals surface area (Å²) in [6.07, 6.45) is 4.83. The van der Waals surface area contributed by atoms with E-state index in [2.05, 4.69) is 10.9 Å². The fourth-order valence-corrected chi connectivity index (χ4v) is 2.50. The molecule has 1 atom stereocenters. The van der Waals surface area contributed by atoms with E-state index < -0.39 is 6.10 Å². The molecule has 1 heterocycles. The van der Waals surface area contributed by atoms with E-state index in [-0.39, 0.29) is 5.82 Å². The third-order valence-corrected chi connectivity index (χ3v) is 3.84. The Balaban J connectivity index is 1.98. The van der Waals surface area contributed by atoms with Crippen molar-refractivity contribution in [2.45, 2.75) is 19.4 Å². The SMILES string of the molecule is C#CC(O)Cc1ccc2nc(-c3ccc(C)c(F)c3)ccc2c1. The van der Waals surface area contributed by atoms with Crippen molar-refractivity contribution in [3.8, 4) is 23.6 Å². The van der Waals surface area contributed by atoms with Gasteiger partial charge in [-0.25, -0.2) is 9.37 Å². The summed E-state index contributed by atoms with van der Waals surface area (Å²) < 4.78 is 13.7.